The highest BCUT2D eigenvalue weighted by atomic mass is 19.1. The molecule has 1 saturated heterocycles. The number of ether oxygens (including phenoxy) is 2. The van der Waals surface area contributed by atoms with Crippen LogP contribution in [-0.2, 0) is 16.1 Å². The van der Waals surface area contributed by atoms with Crippen LogP contribution in [0.3, 0.4) is 0 Å². The number of nitrogens with zero attached hydrogens (tertiary/aromatic N) is 2. The highest BCUT2D eigenvalue weighted by Crippen LogP contribution is 2.37. The molecule has 1 aliphatic rings. The fourth-order valence-electron chi connectivity index (χ4n) is 3.46. The number of hydrogen-bond acceptors (Lipinski definition) is 5. The van der Waals surface area contributed by atoms with Gasteiger partial charge in [0.25, 0.3) is 0 Å². The van der Waals surface area contributed by atoms with Gasteiger partial charge in [-0.3, -0.25) is 4.98 Å². The zero-order valence-electron chi connectivity index (χ0n) is 14.1. The van der Waals surface area contributed by atoms with Crippen molar-refractivity contribution in [2.75, 3.05) is 45.4 Å². The van der Waals surface area contributed by atoms with E-state index in [1.54, 1.807) is 20.3 Å². The maximum Gasteiger partial charge on any atom is 0.124 e. The molecule has 1 fully saturated rings. The van der Waals surface area contributed by atoms with Crippen molar-refractivity contribution in [1.29, 1.82) is 0 Å². The van der Waals surface area contributed by atoms with Crippen LogP contribution in [0.2, 0.25) is 0 Å². The average molecular weight is 334 g/mol. The molecule has 0 saturated carbocycles. The summed E-state index contributed by atoms with van der Waals surface area (Å²) in [5, 5.41) is 10.6. The Labute approximate surface area is 141 Å². The Bertz CT molecular complexity index is 725. The Morgan fingerprint density at radius 3 is 2.83 bits per heavy atom. The van der Waals surface area contributed by atoms with Crippen LogP contribution >= 0.6 is 0 Å². The van der Waals surface area contributed by atoms with Crippen molar-refractivity contribution in [3.63, 3.8) is 0 Å². The second-order valence-electron chi connectivity index (χ2n) is 6.49. The van der Waals surface area contributed by atoms with Gasteiger partial charge in [-0.25, -0.2) is 4.39 Å². The second kappa shape index (κ2) is 7.01. The van der Waals surface area contributed by atoms with Crippen molar-refractivity contribution in [3.05, 3.63) is 35.8 Å². The summed E-state index contributed by atoms with van der Waals surface area (Å²) in [4.78, 5) is 6.72. The molecular formula is C18H23FN2O3. The van der Waals surface area contributed by atoms with Crippen LogP contribution in [0.15, 0.2) is 24.3 Å². The number of fused-ring (bicyclic) bond motifs is 1. The molecule has 1 aliphatic heterocycles. The molecule has 0 amide bonds. The summed E-state index contributed by atoms with van der Waals surface area (Å²) in [5.74, 6) is -0.283. The fraction of sp³-hybridized carbons (Fsp3) is 0.500. The monoisotopic (exact) mass is 334 g/mol. The van der Waals surface area contributed by atoms with E-state index in [1.165, 1.54) is 12.1 Å². The molecule has 1 aromatic heterocycles. The van der Waals surface area contributed by atoms with E-state index in [-0.39, 0.29) is 17.8 Å². The summed E-state index contributed by atoms with van der Waals surface area (Å²) in [7, 11) is 3.27. The number of anilines is 1. The molecule has 0 spiro atoms. The number of benzene rings is 1. The van der Waals surface area contributed by atoms with Crippen LogP contribution in [0.1, 0.15) is 12.1 Å². The minimum Gasteiger partial charge on any atom is -0.396 e. The molecule has 2 heterocycles. The second-order valence-corrected chi connectivity index (χ2v) is 6.49. The fourth-order valence-corrected chi connectivity index (χ4v) is 3.46. The quantitative estimate of drug-likeness (QED) is 0.879. The first-order valence-electron chi connectivity index (χ1n) is 8.04. The van der Waals surface area contributed by atoms with Crippen molar-refractivity contribution >= 4 is 16.6 Å². The molecular weight excluding hydrogens is 311 g/mol. The summed E-state index contributed by atoms with van der Waals surface area (Å²) in [6.07, 6.45) is 0.829. The lowest BCUT2D eigenvalue weighted by Crippen LogP contribution is -2.34. The molecule has 130 valence electrons. The predicted octanol–water partition coefficient (Wildman–Crippen LogP) is 2.36. The predicted molar refractivity (Wildman–Crippen MR) is 90.6 cm³/mol. The molecule has 5 nitrogen and oxygen atoms in total. The van der Waals surface area contributed by atoms with Crippen LogP contribution in [0, 0.1) is 11.2 Å². The number of methoxy groups -OCH3 is 2. The van der Waals surface area contributed by atoms with E-state index in [4.69, 9.17) is 9.47 Å². The molecule has 3 rings (SSSR count). The highest BCUT2D eigenvalue weighted by Gasteiger charge is 2.38. The summed E-state index contributed by atoms with van der Waals surface area (Å²) in [6, 6.07) is 6.58. The van der Waals surface area contributed by atoms with Gasteiger partial charge < -0.3 is 19.5 Å². The van der Waals surface area contributed by atoms with Gasteiger partial charge in [0.2, 0.25) is 0 Å². The molecule has 1 N–H and O–H groups in total. The zero-order chi connectivity index (χ0) is 17.2. The van der Waals surface area contributed by atoms with Crippen molar-refractivity contribution in [3.8, 4) is 0 Å². The lowest BCUT2D eigenvalue weighted by Gasteiger charge is -2.27. The molecule has 1 unspecified atom stereocenters. The number of hydrogen-bond donors (Lipinski definition) is 1. The van der Waals surface area contributed by atoms with Gasteiger partial charge in [0.05, 0.1) is 31.0 Å². The van der Waals surface area contributed by atoms with E-state index < -0.39 is 0 Å². The van der Waals surface area contributed by atoms with Gasteiger partial charge in [0, 0.05) is 43.8 Å². The summed E-state index contributed by atoms with van der Waals surface area (Å²) >= 11 is 0. The van der Waals surface area contributed by atoms with E-state index in [9.17, 15) is 9.50 Å². The number of halogens is 1. The van der Waals surface area contributed by atoms with E-state index in [2.05, 4.69) is 9.88 Å². The summed E-state index contributed by atoms with van der Waals surface area (Å²) in [6.45, 7) is 2.42. The molecule has 1 aromatic carbocycles. The van der Waals surface area contributed by atoms with Gasteiger partial charge in [-0.05, 0) is 30.7 Å². The van der Waals surface area contributed by atoms with E-state index >= 15 is 0 Å². The van der Waals surface area contributed by atoms with Gasteiger partial charge in [-0.1, -0.05) is 0 Å². The molecule has 2 aromatic rings. The van der Waals surface area contributed by atoms with E-state index in [0.717, 1.165) is 35.2 Å². The Balaban J connectivity index is 2.03. The van der Waals surface area contributed by atoms with Gasteiger partial charge >= 0.3 is 0 Å². The lowest BCUT2D eigenvalue weighted by molar-refractivity contribution is 0.0447. The van der Waals surface area contributed by atoms with Gasteiger partial charge in [0.1, 0.15) is 5.82 Å². The summed E-state index contributed by atoms with van der Waals surface area (Å²) in [5.41, 5.74) is 2.20. The van der Waals surface area contributed by atoms with Crippen LogP contribution in [0.25, 0.3) is 10.9 Å². The number of aliphatic hydroxyl groups is 1. The SMILES string of the molecule is COCc1cc(N2CCC(CO)(COC)C2)c2cc(F)ccc2n1. The Hall–Kier alpha value is -1.76. The van der Waals surface area contributed by atoms with Crippen LogP contribution in [-0.4, -0.2) is 50.6 Å². The molecule has 0 aliphatic carbocycles. The molecule has 0 bridgehead atoms. The van der Waals surface area contributed by atoms with E-state index in [0.29, 0.717) is 19.8 Å². The number of pyridine rings is 1. The smallest absolute Gasteiger partial charge is 0.124 e. The Kier molecular flexibility index (Phi) is 4.99. The molecule has 24 heavy (non-hydrogen) atoms. The van der Waals surface area contributed by atoms with Crippen LogP contribution < -0.4 is 4.90 Å². The Morgan fingerprint density at radius 1 is 1.29 bits per heavy atom. The lowest BCUT2D eigenvalue weighted by atomic mass is 9.89. The standard InChI is InChI=1S/C18H23FN2O3/c1-23-9-14-8-17(15-7-13(19)3-4-16(15)20-14)21-6-5-18(10-21,11-22)12-24-2/h3-4,7-8,22H,5-6,9-12H2,1-2H3. The topological polar surface area (TPSA) is 54.8 Å². The first-order chi connectivity index (χ1) is 11.6. The first-order valence-corrected chi connectivity index (χ1v) is 8.04. The maximum absolute atomic E-state index is 13.8. The Morgan fingerprint density at radius 2 is 2.12 bits per heavy atom. The van der Waals surface area contributed by atoms with Crippen LogP contribution in [0.4, 0.5) is 10.1 Å². The van der Waals surface area contributed by atoms with Crippen molar-refractivity contribution in [2.24, 2.45) is 5.41 Å². The van der Waals surface area contributed by atoms with Crippen LogP contribution in [0.5, 0.6) is 0 Å². The van der Waals surface area contributed by atoms with Crippen molar-refractivity contribution in [1.82, 2.24) is 4.98 Å². The largest absolute Gasteiger partial charge is 0.396 e. The minimum absolute atomic E-state index is 0.0691. The minimum atomic E-state index is -0.283. The third-order valence-electron chi connectivity index (χ3n) is 4.66. The zero-order valence-corrected chi connectivity index (χ0v) is 14.1. The molecule has 6 heteroatoms. The average Bonchev–Trinajstić information content (AvgIpc) is 3.00. The third-order valence-corrected chi connectivity index (χ3v) is 4.66. The van der Waals surface area contributed by atoms with Gasteiger partial charge in [0.15, 0.2) is 0 Å². The normalized spacial score (nSPS) is 20.9. The number of aromatic nitrogens is 1. The molecule has 1 atom stereocenters. The van der Waals surface area contributed by atoms with Gasteiger partial charge in [-0.15, -0.1) is 0 Å². The highest BCUT2D eigenvalue weighted by molar-refractivity contribution is 5.92. The van der Waals surface area contributed by atoms with Crippen molar-refractivity contribution < 1.29 is 19.0 Å². The third kappa shape index (κ3) is 3.22. The number of rotatable bonds is 6. The van der Waals surface area contributed by atoms with E-state index in [1.807, 2.05) is 6.07 Å². The maximum atomic E-state index is 13.8. The first kappa shape index (κ1) is 17.1. The molecule has 0 radical (unpaired) electrons. The van der Waals surface area contributed by atoms with Crippen molar-refractivity contribution in [2.45, 2.75) is 13.0 Å². The number of aliphatic hydroxyl groups excluding tert-OH is 1. The van der Waals surface area contributed by atoms with Gasteiger partial charge in [-0.2, -0.15) is 0 Å². The summed E-state index contributed by atoms with van der Waals surface area (Å²) < 4.78 is 24.3.